The molecule has 0 unspecified atom stereocenters. The highest BCUT2D eigenvalue weighted by Gasteiger charge is 2.16. The summed E-state index contributed by atoms with van der Waals surface area (Å²) in [6.45, 7) is 6.15. The first-order valence-electron chi connectivity index (χ1n) is 5.81. The maximum Gasteiger partial charge on any atom is 0.272 e. The fourth-order valence-corrected chi connectivity index (χ4v) is 1.68. The number of imidazole rings is 1. The Morgan fingerprint density at radius 2 is 2.33 bits per heavy atom. The van der Waals surface area contributed by atoms with E-state index in [9.17, 15) is 4.79 Å². The van der Waals surface area contributed by atoms with Crippen molar-refractivity contribution in [2.45, 2.75) is 33.2 Å². The Morgan fingerprint density at radius 1 is 1.56 bits per heavy atom. The Kier molecular flexibility index (Phi) is 3.45. The number of nitrogens with zero attached hydrogens (tertiary/aromatic N) is 2. The van der Waals surface area contributed by atoms with Crippen molar-refractivity contribution >= 4 is 5.91 Å². The van der Waals surface area contributed by atoms with E-state index in [1.165, 1.54) is 6.33 Å². The van der Waals surface area contributed by atoms with Gasteiger partial charge in [-0.25, -0.2) is 4.98 Å². The molecular weight excluding hydrogens is 232 g/mol. The van der Waals surface area contributed by atoms with Gasteiger partial charge in [0.2, 0.25) is 0 Å². The van der Waals surface area contributed by atoms with Crippen molar-refractivity contribution in [1.29, 1.82) is 0 Å². The number of carbonyl (C=O) groups is 1. The van der Waals surface area contributed by atoms with Crippen molar-refractivity contribution < 1.29 is 9.32 Å². The van der Waals surface area contributed by atoms with Crippen LogP contribution in [0.2, 0.25) is 0 Å². The van der Waals surface area contributed by atoms with Crippen molar-refractivity contribution in [3.05, 3.63) is 35.2 Å². The Morgan fingerprint density at radius 3 is 2.94 bits per heavy atom. The molecule has 6 heteroatoms. The van der Waals surface area contributed by atoms with Crippen LogP contribution in [0.15, 0.2) is 16.9 Å². The molecule has 0 spiro atoms. The van der Waals surface area contributed by atoms with E-state index in [2.05, 4.69) is 20.4 Å². The van der Waals surface area contributed by atoms with E-state index in [-0.39, 0.29) is 11.8 Å². The summed E-state index contributed by atoms with van der Waals surface area (Å²) in [5.41, 5.74) is 1.97. The van der Waals surface area contributed by atoms with Gasteiger partial charge >= 0.3 is 0 Å². The Labute approximate surface area is 105 Å². The van der Waals surface area contributed by atoms with Crippen LogP contribution in [0.1, 0.15) is 47.4 Å². The Hall–Kier alpha value is -2.11. The van der Waals surface area contributed by atoms with E-state index in [4.69, 9.17) is 4.52 Å². The largest absolute Gasteiger partial charge is 0.361 e. The molecule has 2 rings (SSSR count). The zero-order chi connectivity index (χ0) is 13.1. The first kappa shape index (κ1) is 12.3. The lowest BCUT2D eigenvalue weighted by molar-refractivity contribution is 0.0944. The second-order valence-electron chi connectivity index (χ2n) is 4.43. The normalized spacial score (nSPS) is 10.9. The van der Waals surface area contributed by atoms with E-state index in [0.29, 0.717) is 17.9 Å². The number of rotatable bonds is 4. The molecule has 96 valence electrons. The molecule has 0 aromatic carbocycles. The average molecular weight is 248 g/mol. The van der Waals surface area contributed by atoms with Crippen molar-refractivity contribution in [2.24, 2.45) is 0 Å². The highest BCUT2D eigenvalue weighted by atomic mass is 16.5. The number of nitrogens with one attached hydrogen (secondary N) is 2. The molecule has 0 radical (unpaired) electrons. The summed E-state index contributed by atoms with van der Waals surface area (Å²) in [6, 6.07) is 1.79. The summed E-state index contributed by atoms with van der Waals surface area (Å²) in [5, 5.41) is 6.57. The number of H-pyrrole nitrogens is 1. The van der Waals surface area contributed by atoms with E-state index < -0.39 is 0 Å². The van der Waals surface area contributed by atoms with Gasteiger partial charge in [-0.1, -0.05) is 19.0 Å². The molecule has 2 N–H and O–H groups in total. The first-order valence-corrected chi connectivity index (χ1v) is 5.81. The van der Waals surface area contributed by atoms with E-state index in [1.54, 1.807) is 6.07 Å². The van der Waals surface area contributed by atoms with Gasteiger partial charge in [0.25, 0.3) is 5.91 Å². The number of hydrogen-bond acceptors (Lipinski definition) is 4. The number of aryl methyl sites for hydroxylation is 1. The summed E-state index contributed by atoms with van der Waals surface area (Å²) in [4.78, 5) is 19.0. The molecule has 0 aliphatic carbocycles. The van der Waals surface area contributed by atoms with Gasteiger partial charge in [0.15, 0.2) is 0 Å². The lowest BCUT2D eigenvalue weighted by Crippen LogP contribution is -2.24. The molecule has 0 aliphatic rings. The van der Waals surface area contributed by atoms with Crippen LogP contribution >= 0.6 is 0 Å². The van der Waals surface area contributed by atoms with Gasteiger partial charge in [-0.2, -0.15) is 0 Å². The summed E-state index contributed by atoms with van der Waals surface area (Å²) >= 11 is 0. The van der Waals surface area contributed by atoms with Crippen LogP contribution < -0.4 is 5.32 Å². The lowest BCUT2D eigenvalue weighted by atomic mass is 10.1. The second-order valence-corrected chi connectivity index (χ2v) is 4.43. The summed E-state index contributed by atoms with van der Waals surface area (Å²) in [7, 11) is 0. The molecule has 18 heavy (non-hydrogen) atoms. The SMILES string of the molecule is Cc1cc(CNC(=O)c2nc[nH]c2C(C)C)no1. The molecule has 0 fully saturated rings. The van der Waals surface area contributed by atoms with Crippen LogP contribution in [-0.4, -0.2) is 21.0 Å². The van der Waals surface area contributed by atoms with Crippen LogP contribution in [0.3, 0.4) is 0 Å². The van der Waals surface area contributed by atoms with Gasteiger partial charge in [-0.05, 0) is 12.8 Å². The number of aromatic amines is 1. The third-order valence-corrected chi connectivity index (χ3v) is 2.57. The van der Waals surface area contributed by atoms with Crippen molar-refractivity contribution in [2.75, 3.05) is 0 Å². The highest BCUT2D eigenvalue weighted by molar-refractivity contribution is 5.93. The number of hydrogen-bond donors (Lipinski definition) is 2. The quantitative estimate of drug-likeness (QED) is 0.863. The number of aromatic nitrogens is 3. The van der Waals surface area contributed by atoms with Gasteiger partial charge in [-0.15, -0.1) is 0 Å². The van der Waals surface area contributed by atoms with E-state index >= 15 is 0 Å². The summed E-state index contributed by atoms with van der Waals surface area (Å²) < 4.78 is 4.93. The van der Waals surface area contributed by atoms with Gasteiger partial charge < -0.3 is 14.8 Å². The standard InChI is InChI=1S/C12H16N4O2/c1-7(2)10-11(15-6-14-10)12(17)13-5-9-4-8(3)18-16-9/h4,6-7H,5H2,1-3H3,(H,13,17)(H,14,15). The van der Waals surface area contributed by atoms with Gasteiger partial charge in [0.05, 0.1) is 18.6 Å². The van der Waals surface area contributed by atoms with Crippen LogP contribution in [0, 0.1) is 6.92 Å². The zero-order valence-corrected chi connectivity index (χ0v) is 10.7. The molecule has 0 aliphatic heterocycles. The smallest absolute Gasteiger partial charge is 0.272 e. The second kappa shape index (κ2) is 5.03. The Balaban J connectivity index is 2.01. The maximum absolute atomic E-state index is 12.0. The highest BCUT2D eigenvalue weighted by Crippen LogP contribution is 2.15. The predicted molar refractivity (Wildman–Crippen MR) is 65.1 cm³/mol. The van der Waals surface area contributed by atoms with Crippen molar-refractivity contribution in [1.82, 2.24) is 20.4 Å². The van der Waals surface area contributed by atoms with Crippen LogP contribution in [0.25, 0.3) is 0 Å². The molecule has 2 aromatic heterocycles. The zero-order valence-electron chi connectivity index (χ0n) is 10.7. The predicted octanol–water partition coefficient (Wildman–Crippen LogP) is 1.76. The molecule has 0 atom stereocenters. The minimum absolute atomic E-state index is 0.208. The average Bonchev–Trinajstić information content (AvgIpc) is 2.94. The molecule has 2 aromatic rings. The fraction of sp³-hybridized carbons (Fsp3) is 0.417. The molecule has 1 amide bonds. The van der Waals surface area contributed by atoms with Gasteiger partial charge in [0.1, 0.15) is 17.1 Å². The van der Waals surface area contributed by atoms with Crippen LogP contribution in [0.5, 0.6) is 0 Å². The molecule has 0 saturated heterocycles. The molecule has 6 nitrogen and oxygen atoms in total. The van der Waals surface area contributed by atoms with E-state index in [0.717, 1.165) is 11.5 Å². The minimum atomic E-state index is -0.208. The summed E-state index contributed by atoms with van der Waals surface area (Å²) in [5.74, 6) is 0.741. The Bertz CT molecular complexity index is 542. The molecular formula is C12H16N4O2. The number of amides is 1. The monoisotopic (exact) mass is 248 g/mol. The summed E-state index contributed by atoms with van der Waals surface area (Å²) in [6.07, 6.45) is 1.53. The molecule has 0 bridgehead atoms. The van der Waals surface area contributed by atoms with E-state index in [1.807, 2.05) is 20.8 Å². The fourth-order valence-electron chi connectivity index (χ4n) is 1.68. The third-order valence-electron chi connectivity index (χ3n) is 2.57. The third kappa shape index (κ3) is 2.58. The van der Waals surface area contributed by atoms with Crippen molar-refractivity contribution in [3.8, 4) is 0 Å². The molecule has 2 heterocycles. The van der Waals surface area contributed by atoms with Crippen LogP contribution in [-0.2, 0) is 6.54 Å². The van der Waals surface area contributed by atoms with Gasteiger partial charge in [0, 0.05) is 6.07 Å². The minimum Gasteiger partial charge on any atom is -0.361 e. The number of carbonyl (C=O) groups excluding carboxylic acids is 1. The van der Waals surface area contributed by atoms with Crippen LogP contribution in [0.4, 0.5) is 0 Å². The topological polar surface area (TPSA) is 83.8 Å². The van der Waals surface area contributed by atoms with Crippen molar-refractivity contribution in [3.63, 3.8) is 0 Å². The first-order chi connectivity index (χ1) is 8.58. The lowest BCUT2D eigenvalue weighted by Gasteiger charge is -2.05. The maximum atomic E-state index is 12.0. The van der Waals surface area contributed by atoms with Gasteiger partial charge in [-0.3, -0.25) is 4.79 Å². The molecule has 0 saturated carbocycles.